The molecule has 0 saturated heterocycles. The molecule has 0 aliphatic carbocycles. The molecule has 0 bridgehead atoms. The number of benzene rings is 1. The van der Waals surface area contributed by atoms with Crippen LogP contribution in [0.3, 0.4) is 0 Å². The van der Waals surface area contributed by atoms with Gasteiger partial charge in [-0.25, -0.2) is 4.98 Å². The molecule has 1 aromatic carbocycles. The van der Waals surface area contributed by atoms with E-state index in [4.69, 9.17) is 5.11 Å². The number of hydrogen-bond donors (Lipinski definition) is 1. The third-order valence-corrected chi connectivity index (χ3v) is 2.65. The van der Waals surface area contributed by atoms with Gasteiger partial charge >= 0.3 is 5.97 Å². The average molecular weight is 233 g/mol. The minimum atomic E-state index is -0.814. The Morgan fingerprint density at radius 2 is 2.29 bits per heavy atom. The third-order valence-electron chi connectivity index (χ3n) is 2.65. The predicted molar refractivity (Wildman–Crippen MR) is 64.7 cm³/mol. The molecule has 0 aliphatic rings. The van der Waals surface area contributed by atoms with Gasteiger partial charge in [0, 0.05) is 13.6 Å². The van der Waals surface area contributed by atoms with Crippen LogP contribution in [0.4, 0.5) is 0 Å². The Bertz CT molecular complexity index is 548. The first-order valence-corrected chi connectivity index (χ1v) is 5.36. The minimum Gasteiger partial charge on any atom is -0.480 e. The minimum absolute atomic E-state index is 0.0419. The summed E-state index contributed by atoms with van der Waals surface area (Å²) in [5, 5.41) is 8.68. The Balaban J connectivity index is 2.16. The number of carboxylic acids is 1. The highest BCUT2D eigenvalue weighted by Gasteiger charge is 2.06. The van der Waals surface area contributed by atoms with Gasteiger partial charge in [0.15, 0.2) is 0 Å². The van der Waals surface area contributed by atoms with E-state index in [1.165, 1.54) is 0 Å². The molecule has 0 radical (unpaired) electrons. The van der Waals surface area contributed by atoms with E-state index in [1.807, 2.05) is 29.8 Å². The van der Waals surface area contributed by atoms with Gasteiger partial charge in [-0.1, -0.05) is 6.07 Å². The van der Waals surface area contributed by atoms with Gasteiger partial charge in [-0.05, 0) is 24.7 Å². The SMILES string of the molecule is CN(CC(=O)O)Cc1ccc2c(c1)ncn2C. The zero-order valence-corrected chi connectivity index (χ0v) is 9.92. The standard InChI is InChI=1S/C12H15N3O2/c1-14(7-12(16)17)6-9-3-4-11-10(5-9)13-8-15(11)2/h3-5,8H,6-7H2,1-2H3,(H,16,17). The summed E-state index contributed by atoms with van der Waals surface area (Å²) in [6, 6.07) is 6.00. The highest BCUT2D eigenvalue weighted by molar-refractivity contribution is 5.76. The molecule has 0 saturated carbocycles. The van der Waals surface area contributed by atoms with Crippen LogP contribution < -0.4 is 0 Å². The Labute approximate surface area is 99.3 Å². The fourth-order valence-corrected chi connectivity index (χ4v) is 1.88. The van der Waals surface area contributed by atoms with Crippen molar-refractivity contribution in [3.63, 3.8) is 0 Å². The Morgan fingerprint density at radius 1 is 1.53 bits per heavy atom. The molecule has 0 amide bonds. The molecule has 1 heterocycles. The van der Waals surface area contributed by atoms with Crippen molar-refractivity contribution in [3.8, 4) is 0 Å². The first-order valence-electron chi connectivity index (χ1n) is 5.36. The van der Waals surface area contributed by atoms with Crippen molar-refractivity contribution in [3.05, 3.63) is 30.1 Å². The molecule has 5 nitrogen and oxygen atoms in total. The quantitative estimate of drug-likeness (QED) is 0.858. The molecule has 1 aromatic heterocycles. The smallest absolute Gasteiger partial charge is 0.317 e. The van der Waals surface area contributed by atoms with Crippen LogP contribution >= 0.6 is 0 Å². The largest absolute Gasteiger partial charge is 0.480 e. The number of imidazole rings is 1. The van der Waals surface area contributed by atoms with Crippen molar-refractivity contribution in [2.24, 2.45) is 7.05 Å². The molecule has 5 heteroatoms. The number of hydrogen-bond acceptors (Lipinski definition) is 3. The van der Waals surface area contributed by atoms with Gasteiger partial charge in [0.25, 0.3) is 0 Å². The number of aryl methyl sites for hydroxylation is 1. The maximum Gasteiger partial charge on any atom is 0.317 e. The number of fused-ring (bicyclic) bond motifs is 1. The Kier molecular flexibility index (Phi) is 3.10. The van der Waals surface area contributed by atoms with E-state index in [2.05, 4.69) is 4.98 Å². The number of nitrogens with zero attached hydrogens (tertiary/aromatic N) is 3. The van der Waals surface area contributed by atoms with E-state index in [-0.39, 0.29) is 6.54 Å². The van der Waals surface area contributed by atoms with Gasteiger partial charge in [-0.2, -0.15) is 0 Å². The van der Waals surface area contributed by atoms with Crippen molar-refractivity contribution in [1.82, 2.24) is 14.5 Å². The molecule has 0 fully saturated rings. The maximum absolute atomic E-state index is 10.6. The first-order chi connectivity index (χ1) is 8.06. The van der Waals surface area contributed by atoms with Crippen LogP contribution in [-0.4, -0.2) is 39.1 Å². The third kappa shape index (κ3) is 2.62. The Hall–Kier alpha value is -1.88. The van der Waals surface area contributed by atoms with Crippen LogP contribution in [0.15, 0.2) is 24.5 Å². The van der Waals surface area contributed by atoms with E-state index < -0.39 is 5.97 Å². The van der Waals surface area contributed by atoms with Gasteiger partial charge in [-0.15, -0.1) is 0 Å². The summed E-state index contributed by atoms with van der Waals surface area (Å²) in [5.74, 6) is -0.814. The summed E-state index contributed by atoms with van der Waals surface area (Å²) in [4.78, 5) is 16.6. The summed E-state index contributed by atoms with van der Waals surface area (Å²) in [6.07, 6.45) is 1.77. The number of rotatable bonds is 4. The molecular weight excluding hydrogens is 218 g/mol. The summed E-state index contributed by atoms with van der Waals surface area (Å²) < 4.78 is 1.96. The number of aliphatic carboxylic acids is 1. The van der Waals surface area contributed by atoms with E-state index in [0.29, 0.717) is 6.54 Å². The highest BCUT2D eigenvalue weighted by Crippen LogP contribution is 2.14. The lowest BCUT2D eigenvalue weighted by Gasteiger charge is -2.13. The van der Waals surface area contributed by atoms with Crippen molar-refractivity contribution in [2.75, 3.05) is 13.6 Å². The number of likely N-dealkylation sites (N-methyl/N-ethyl adjacent to an activating group) is 1. The molecular formula is C12H15N3O2. The zero-order valence-electron chi connectivity index (χ0n) is 9.92. The van der Waals surface area contributed by atoms with Gasteiger partial charge in [-0.3, -0.25) is 9.69 Å². The lowest BCUT2D eigenvalue weighted by molar-refractivity contribution is -0.138. The van der Waals surface area contributed by atoms with Crippen molar-refractivity contribution >= 4 is 17.0 Å². The van der Waals surface area contributed by atoms with E-state index in [1.54, 1.807) is 18.3 Å². The van der Waals surface area contributed by atoms with Gasteiger partial charge in [0.1, 0.15) is 0 Å². The molecule has 2 rings (SSSR count). The predicted octanol–water partition coefficient (Wildman–Crippen LogP) is 1.09. The van der Waals surface area contributed by atoms with Crippen LogP contribution in [0.1, 0.15) is 5.56 Å². The average Bonchev–Trinajstić information content (AvgIpc) is 2.58. The molecule has 0 unspecified atom stereocenters. The normalized spacial score (nSPS) is 11.2. The van der Waals surface area contributed by atoms with E-state index in [9.17, 15) is 4.79 Å². The second kappa shape index (κ2) is 4.55. The summed E-state index contributed by atoms with van der Waals surface area (Å²) >= 11 is 0. The van der Waals surface area contributed by atoms with Gasteiger partial charge in [0.2, 0.25) is 0 Å². The summed E-state index contributed by atoms with van der Waals surface area (Å²) in [6.45, 7) is 0.652. The molecule has 90 valence electrons. The fraction of sp³-hybridized carbons (Fsp3) is 0.333. The molecule has 1 N–H and O–H groups in total. The fourth-order valence-electron chi connectivity index (χ4n) is 1.88. The molecule has 2 aromatic rings. The van der Waals surface area contributed by atoms with Crippen LogP contribution in [0, 0.1) is 0 Å². The topological polar surface area (TPSA) is 58.4 Å². The highest BCUT2D eigenvalue weighted by atomic mass is 16.4. The Morgan fingerprint density at radius 3 is 3.00 bits per heavy atom. The summed E-state index contributed by atoms with van der Waals surface area (Å²) in [5.41, 5.74) is 3.09. The van der Waals surface area contributed by atoms with Gasteiger partial charge < -0.3 is 9.67 Å². The molecule has 17 heavy (non-hydrogen) atoms. The lowest BCUT2D eigenvalue weighted by atomic mass is 10.2. The van der Waals surface area contributed by atoms with E-state index in [0.717, 1.165) is 16.6 Å². The second-order valence-electron chi connectivity index (χ2n) is 4.24. The number of carbonyl (C=O) groups is 1. The monoisotopic (exact) mass is 233 g/mol. The second-order valence-corrected chi connectivity index (χ2v) is 4.24. The van der Waals surface area contributed by atoms with Crippen molar-refractivity contribution < 1.29 is 9.90 Å². The van der Waals surface area contributed by atoms with Crippen LogP contribution in [-0.2, 0) is 18.4 Å². The first kappa shape index (κ1) is 11.6. The lowest BCUT2D eigenvalue weighted by Crippen LogP contribution is -2.25. The maximum atomic E-state index is 10.6. The van der Waals surface area contributed by atoms with Crippen LogP contribution in [0.2, 0.25) is 0 Å². The molecule has 0 spiro atoms. The van der Waals surface area contributed by atoms with E-state index >= 15 is 0 Å². The van der Waals surface area contributed by atoms with Crippen molar-refractivity contribution in [1.29, 1.82) is 0 Å². The molecule has 0 atom stereocenters. The number of carboxylic acid groups (broad SMARTS) is 1. The van der Waals surface area contributed by atoms with Crippen LogP contribution in [0.5, 0.6) is 0 Å². The number of aromatic nitrogens is 2. The molecule has 0 aliphatic heterocycles. The van der Waals surface area contributed by atoms with Crippen LogP contribution in [0.25, 0.3) is 11.0 Å². The summed E-state index contributed by atoms with van der Waals surface area (Å²) in [7, 11) is 3.74. The van der Waals surface area contributed by atoms with Gasteiger partial charge in [0.05, 0.1) is 23.9 Å². The zero-order chi connectivity index (χ0) is 12.4. The van der Waals surface area contributed by atoms with Crippen molar-refractivity contribution in [2.45, 2.75) is 6.54 Å².